The van der Waals surface area contributed by atoms with E-state index in [4.69, 9.17) is 4.74 Å². The molecular formula is C16H25BrN4O. The van der Waals surface area contributed by atoms with Crippen LogP contribution < -0.4 is 5.32 Å². The van der Waals surface area contributed by atoms with Gasteiger partial charge in [-0.25, -0.2) is 0 Å². The van der Waals surface area contributed by atoms with Crippen molar-refractivity contribution in [3.8, 4) is 0 Å². The predicted octanol–water partition coefficient (Wildman–Crippen LogP) is 1.79. The lowest BCUT2D eigenvalue weighted by Gasteiger charge is -2.31. The van der Waals surface area contributed by atoms with Gasteiger partial charge in [0, 0.05) is 44.7 Å². The molecule has 1 N–H and O–H groups in total. The molecule has 1 aliphatic heterocycles. The first-order valence-electron chi connectivity index (χ1n) is 7.55. The summed E-state index contributed by atoms with van der Waals surface area (Å²) in [7, 11) is 5.99. The van der Waals surface area contributed by atoms with Crippen molar-refractivity contribution in [3.05, 3.63) is 34.3 Å². The Kier molecular flexibility index (Phi) is 6.67. The lowest BCUT2D eigenvalue weighted by Crippen LogP contribution is -2.48. The molecule has 0 saturated carbocycles. The van der Waals surface area contributed by atoms with Crippen LogP contribution in [-0.2, 0) is 11.3 Å². The van der Waals surface area contributed by atoms with E-state index in [9.17, 15) is 0 Å². The molecule has 1 fully saturated rings. The summed E-state index contributed by atoms with van der Waals surface area (Å²) in [6, 6.07) is 8.36. The van der Waals surface area contributed by atoms with Crippen molar-refractivity contribution < 1.29 is 4.74 Å². The van der Waals surface area contributed by atoms with Crippen molar-refractivity contribution in [2.75, 3.05) is 47.4 Å². The highest BCUT2D eigenvalue weighted by Crippen LogP contribution is 2.12. The lowest BCUT2D eigenvalue weighted by molar-refractivity contribution is -0.0163. The summed E-state index contributed by atoms with van der Waals surface area (Å²) in [6.45, 7) is 4.37. The molecule has 1 aromatic carbocycles. The van der Waals surface area contributed by atoms with Crippen LogP contribution >= 0.6 is 15.9 Å². The monoisotopic (exact) mass is 368 g/mol. The molecule has 1 heterocycles. The van der Waals surface area contributed by atoms with E-state index in [1.165, 1.54) is 5.56 Å². The topological polar surface area (TPSA) is 40.1 Å². The van der Waals surface area contributed by atoms with Crippen LogP contribution in [0.1, 0.15) is 5.56 Å². The molecule has 0 aliphatic carbocycles. The maximum absolute atomic E-state index is 5.77. The Morgan fingerprint density at radius 3 is 2.82 bits per heavy atom. The molecule has 2 rings (SSSR count). The van der Waals surface area contributed by atoms with E-state index in [-0.39, 0.29) is 6.10 Å². The van der Waals surface area contributed by atoms with Crippen LogP contribution in [-0.4, -0.2) is 69.2 Å². The molecule has 0 radical (unpaired) electrons. The maximum atomic E-state index is 5.77. The van der Waals surface area contributed by atoms with E-state index < -0.39 is 0 Å². The number of morpholine rings is 1. The van der Waals surface area contributed by atoms with Crippen LogP contribution in [0, 0.1) is 0 Å². The minimum Gasteiger partial charge on any atom is -0.374 e. The van der Waals surface area contributed by atoms with E-state index in [1.54, 1.807) is 0 Å². The normalized spacial score (nSPS) is 20.0. The van der Waals surface area contributed by atoms with Gasteiger partial charge in [-0.3, -0.25) is 4.99 Å². The molecule has 0 amide bonds. The quantitative estimate of drug-likeness (QED) is 0.649. The highest BCUT2D eigenvalue weighted by Gasteiger charge is 2.18. The van der Waals surface area contributed by atoms with Crippen molar-refractivity contribution in [1.82, 2.24) is 15.1 Å². The van der Waals surface area contributed by atoms with Crippen molar-refractivity contribution in [1.29, 1.82) is 0 Å². The molecule has 5 nitrogen and oxygen atoms in total. The lowest BCUT2D eigenvalue weighted by atomic mass is 10.2. The first-order valence-corrected chi connectivity index (χ1v) is 8.34. The van der Waals surface area contributed by atoms with Crippen molar-refractivity contribution in [2.45, 2.75) is 12.6 Å². The van der Waals surface area contributed by atoms with Gasteiger partial charge in [0.2, 0.25) is 0 Å². The number of ether oxygens (including phenoxy) is 1. The molecule has 122 valence electrons. The van der Waals surface area contributed by atoms with Gasteiger partial charge >= 0.3 is 0 Å². The van der Waals surface area contributed by atoms with E-state index in [2.05, 4.69) is 67.4 Å². The van der Waals surface area contributed by atoms with Gasteiger partial charge in [0.25, 0.3) is 0 Å². The maximum Gasteiger partial charge on any atom is 0.193 e. The van der Waals surface area contributed by atoms with Gasteiger partial charge in [-0.15, -0.1) is 0 Å². The Bertz CT molecular complexity index is 491. The molecule has 1 aromatic rings. The Hall–Kier alpha value is -1.11. The number of aliphatic imine (C=N–C) groups is 1. The number of nitrogens with one attached hydrogen (secondary N) is 1. The summed E-state index contributed by atoms with van der Waals surface area (Å²) >= 11 is 3.46. The fourth-order valence-electron chi connectivity index (χ4n) is 2.52. The molecule has 0 aromatic heterocycles. The van der Waals surface area contributed by atoms with E-state index in [1.807, 2.05) is 14.1 Å². The van der Waals surface area contributed by atoms with Crippen molar-refractivity contribution in [2.24, 2.45) is 4.99 Å². The summed E-state index contributed by atoms with van der Waals surface area (Å²) in [5, 5.41) is 3.41. The van der Waals surface area contributed by atoms with Gasteiger partial charge in [0.15, 0.2) is 5.96 Å². The van der Waals surface area contributed by atoms with Crippen molar-refractivity contribution in [3.63, 3.8) is 0 Å². The zero-order valence-corrected chi connectivity index (χ0v) is 15.1. The average Bonchev–Trinajstić information content (AvgIpc) is 2.50. The summed E-state index contributed by atoms with van der Waals surface area (Å²) in [4.78, 5) is 8.77. The first-order chi connectivity index (χ1) is 10.6. The number of rotatable bonds is 4. The van der Waals surface area contributed by atoms with Gasteiger partial charge in [0.05, 0.1) is 12.7 Å². The molecule has 0 spiro atoms. The fourth-order valence-corrected chi connectivity index (χ4v) is 2.78. The standard InChI is InChI=1S/C16H25BrN4O/c1-18-16(19-10-15-12-20(2)8-9-22-15)21(3)11-13-4-6-14(17)7-5-13/h4-7,15H,8-12H2,1-3H3,(H,18,19). The van der Waals surface area contributed by atoms with Gasteiger partial charge in [0.1, 0.15) is 0 Å². The second kappa shape index (κ2) is 8.50. The van der Waals surface area contributed by atoms with Gasteiger partial charge in [-0.05, 0) is 24.7 Å². The number of nitrogens with zero attached hydrogens (tertiary/aromatic N) is 3. The molecule has 1 aliphatic rings. The van der Waals surface area contributed by atoms with Crippen molar-refractivity contribution >= 4 is 21.9 Å². The third kappa shape index (κ3) is 5.26. The van der Waals surface area contributed by atoms with Crippen LogP contribution in [0.4, 0.5) is 0 Å². The second-order valence-electron chi connectivity index (χ2n) is 5.67. The van der Waals surface area contributed by atoms with Gasteiger partial charge in [-0.1, -0.05) is 28.1 Å². The Morgan fingerprint density at radius 2 is 2.18 bits per heavy atom. The van der Waals surface area contributed by atoms with E-state index >= 15 is 0 Å². The Labute approximate surface area is 141 Å². The minimum absolute atomic E-state index is 0.219. The predicted molar refractivity (Wildman–Crippen MR) is 94.2 cm³/mol. The fraction of sp³-hybridized carbons (Fsp3) is 0.562. The largest absolute Gasteiger partial charge is 0.374 e. The zero-order chi connectivity index (χ0) is 15.9. The smallest absolute Gasteiger partial charge is 0.193 e. The van der Waals surface area contributed by atoms with Crippen LogP contribution in [0.3, 0.4) is 0 Å². The van der Waals surface area contributed by atoms with Gasteiger partial charge < -0.3 is 19.9 Å². The van der Waals surface area contributed by atoms with E-state index in [0.29, 0.717) is 0 Å². The van der Waals surface area contributed by atoms with Crippen LogP contribution in [0.5, 0.6) is 0 Å². The summed E-state index contributed by atoms with van der Waals surface area (Å²) in [5.41, 5.74) is 1.25. The summed E-state index contributed by atoms with van der Waals surface area (Å²) in [5.74, 6) is 0.889. The highest BCUT2D eigenvalue weighted by molar-refractivity contribution is 9.10. The molecule has 1 atom stereocenters. The molecular weight excluding hydrogens is 344 g/mol. The molecule has 1 saturated heterocycles. The number of guanidine groups is 1. The second-order valence-corrected chi connectivity index (χ2v) is 6.58. The van der Waals surface area contributed by atoms with Crippen LogP contribution in [0.15, 0.2) is 33.7 Å². The molecule has 1 unspecified atom stereocenters. The summed E-state index contributed by atoms with van der Waals surface area (Å²) in [6.07, 6.45) is 0.219. The average molecular weight is 369 g/mol. The van der Waals surface area contributed by atoms with Crippen LogP contribution in [0.25, 0.3) is 0 Å². The Balaban J connectivity index is 1.83. The number of benzene rings is 1. The molecule has 22 heavy (non-hydrogen) atoms. The Morgan fingerprint density at radius 1 is 1.45 bits per heavy atom. The third-order valence-electron chi connectivity index (χ3n) is 3.74. The SMILES string of the molecule is CN=C(NCC1CN(C)CCO1)N(C)Cc1ccc(Br)cc1. The molecule has 6 heteroatoms. The van der Waals surface area contributed by atoms with Gasteiger partial charge in [-0.2, -0.15) is 0 Å². The molecule has 0 bridgehead atoms. The van der Waals surface area contributed by atoms with Crippen LogP contribution in [0.2, 0.25) is 0 Å². The number of likely N-dealkylation sites (N-methyl/N-ethyl adjacent to an activating group) is 1. The number of halogens is 1. The first kappa shape index (κ1) is 17.2. The van der Waals surface area contributed by atoms with E-state index in [0.717, 1.165) is 43.2 Å². The number of hydrogen-bond acceptors (Lipinski definition) is 3. The third-order valence-corrected chi connectivity index (χ3v) is 4.26. The minimum atomic E-state index is 0.219. The zero-order valence-electron chi connectivity index (χ0n) is 13.6. The number of hydrogen-bond donors (Lipinski definition) is 1. The highest BCUT2D eigenvalue weighted by atomic mass is 79.9. The summed E-state index contributed by atoms with van der Waals surface area (Å²) < 4.78 is 6.87.